The van der Waals surface area contributed by atoms with E-state index in [0.29, 0.717) is 6.04 Å². The minimum absolute atomic E-state index is 0.0703. The zero-order valence-corrected chi connectivity index (χ0v) is 15.4. The van der Waals surface area contributed by atoms with Crippen LogP contribution in [0.15, 0.2) is 18.2 Å². The van der Waals surface area contributed by atoms with Gasteiger partial charge in [-0.15, -0.1) is 0 Å². The highest BCUT2D eigenvalue weighted by molar-refractivity contribution is 6.33. The van der Waals surface area contributed by atoms with E-state index in [2.05, 4.69) is 45.1 Å². The van der Waals surface area contributed by atoms with E-state index in [-0.39, 0.29) is 5.54 Å². The van der Waals surface area contributed by atoms with Crippen molar-refractivity contribution in [3.63, 3.8) is 0 Å². The highest BCUT2D eigenvalue weighted by atomic mass is 35.5. The van der Waals surface area contributed by atoms with Crippen molar-refractivity contribution in [1.82, 2.24) is 10.2 Å². The van der Waals surface area contributed by atoms with E-state index in [1.54, 1.807) is 0 Å². The maximum Gasteiger partial charge on any atom is 0.0439 e. The Morgan fingerprint density at radius 2 is 1.90 bits per heavy atom. The number of halogens is 2. The first-order chi connectivity index (χ1) is 9.85. The summed E-state index contributed by atoms with van der Waals surface area (Å²) in [4.78, 5) is 2.30. The number of hydrogen-bond acceptors (Lipinski definition) is 2. The lowest BCUT2D eigenvalue weighted by molar-refractivity contribution is 0.112. The van der Waals surface area contributed by atoms with Crippen LogP contribution in [0.2, 0.25) is 10.0 Å². The van der Waals surface area contributed by atoms with Crippen molar-refractivity contribution in [3.8, 4) is 0 Å². The molecule has 1 N–H and O–H groups in total. The average Bonchev–Trinajstić information content (AvgIpc) is 2.45. The van der Waals surface area contributed by atoms with Crippen molar-refractivity contribution in [3.05, 3.63) is 33.8 Å². The third-order valence-electron chi connectivity index (χ3n) is 4.56. The minimum atomic E-state index is 0.0703. The Hall–Kier alpha value is -0.280. The predicted molar refractivity (Wildman–Crippen MR) is 94.6 cm³/mol. The molecule has 0 fully saturated rings. The smallest absolute Gasteiger partial charge is 0.0439 e. The van der Waals surface area contributed by atoms with Crippen molar-refractivity contribution in [2.45, 2.75) is 51.6 Å². The van der Waals surface area contributed by atoms with Crippen molar-refractivity contribution < 1.29 is 0 Å². The standard InChI is InChI=1S/C17H28Cl2N2/c1-6-10-20-16(17(3,7-2)21(4)5)12-13-11-14(18)8-9-15(13)19/h8-9,11,16,20H,6-7,10,12H2,1-5H3. The molecule has 0 radical (unpaired) electrons. The highest BCUT2D eigenvalue weighted by Crippen LogP contribution is 2.28. The summed E-state index contributed by atoms with van der Waals surface area (Å²) in [5, 5.41) is 5.23. The van der Waals surface area contributed by atoms with Crippen LogP contribution in [-0.4, -0.2) is 37.1 Å². The summed E-state index contributed by atoms with van der Waals surface area (Å²) < 4.78 is 0. The number of nitrogens with zero attached hydrogens (tertiary/aromatic N) is 1. The topological polar surface area (TPSA) is 15.3 Å². The summed E-state index contributed by atoms with van der Waals surface area (Å²) in [5.74, 6) is 0. The van der Waals surface area contributed by atoms with Gasteiger partial charge in [-0.3, -0.25) is 0 Å². The summed E-state index contributed by atoms with van der Waals surface area (Å²) in [6.45, 7) is 7.74. The van der Waals surface area contributed by atoms with Crippen LogP contribution in [-0.2, 0) is 6.42 Å². The summed E-state index contributed by atoms with van der Waals surface area (Å²) in [5.41, 5.74) is 1.18. The summed E-state index contributed by atoms with van der Waals surface area (Å²) in [6, 6.07) is 6.03. The van der Waals surface area contributed by atoms with Crippen LogP contribution < -0.4 is 5.32 Å². The van der Waals surface area contributed by atoms with Gasteiger partial charge in [0.15, 0.2) is 0 Å². The third kappa shape index (κ3) is 4.85. The molecule has 0 saturated heterocycles. The van der Waals surface area contributed by atoms with E-state index in [9.17, 15) is 0 Å². The van der Waals surface area contributed by atoms with Crippen molar-refractivity contribution in [1.29, 1.82) is 0 Å². The molecule has 1 aromatic carbocycles. The maximum absolute atomic E-state index is 6.35. The fourth-order valence-corrected chi connectivity index (χ4v) is 3.01. The van der Waals surface area contributed by atoms with Gasteiger partial charge < -0.3 is 10.2 Å². The fourth-order valence-electron chi connectivity index (χ4n) is 2.62. The largest absolute Gasteiger partial charge is 0.312 e. The van der Waals surface area contributed by atoms with Crippen LogP contribution in [0, 0.1) is 0 Å². The SMILES string of the molecule is CCCNC(Cc1cc(Cl)ccc1Cl)C(C)(CC)N(C)C. The lowest BCUT2D eigenvalue weighted by Gasteiger charge is -2.43. The lowest BCUT2D eigenvalue weighted by Crippen LogP contribution is -2.58. The molecule has 0 amide bonds. The molecule has 0 heterocycles. The van der Waals surface area contributed by atoms with Crippen LogP contribution in [0.3, 0.4) is 0 Å². The second-order valence-electron chi connectivity index (χ2n) is 6.05. The predicted octanol–water partition coefficient (Wildman–Crippen LogP) is 4.63. The first-order valence-electron chi connectivity index (χ1n) is 7.69. The number of nitrogens with one attached hydrogen (secondary N) is 1. The number of likely N-dealkylation sites (N-methyl/N-ethyl adjacent to an activating group) is 1. The van der Waals surface area contributed by atoms with E-state index in [4.69, 9.17) is 23.2 Å². The van der Waals surface area contributed by atoms with Gasteiger partial charge in [0.1, 0.15) is 0 Å². The van der Waals surface area contributed by atoms with Crippen LogP contribution in [0.4, 0.5) is 0 Å². The summed E-state index contributed by atoms with van der Waals surface area (Å²) >= 11 is 12.5. The minimum Gasteiger partial charge on any atom is -0.312 e. The van der Waals surface area contributed by atoms with E-state index >= 15 is 0 Å². The molecule has 2 nitrogen and oxygen atoms in total. The Morgan fingerprint density at radius 3 is 2.43 bits per heavy atom. The molecule has 0 aliphatic heterocycles. The van der Waals surface area contributed by atoms with Crippen molar-refractivity contribution in [2.75, 3.05) is 20.6 Å². The maximum atomic E-state index is 6.35. The monoisotopic (exact) mass is 330 g/mol. The normalized spacial score (nSPS) is 16.0. The second kappa shape index (κ2) is 8.38. The molecule has 1 rings (SSSR count). The Balaban J connectivity index is 3.05. The Labute approximate surface area is 139 Å². The molecular formula is C17H28Cl2N2. The van der Waals surface area contributed by atoms with Crippen molar-refractivity contribution in [2.24, 2.45) is 0 Å². The second-order valence-corrected chi connectivity index (χ2v) is 6.90. The molecule has 1 aromatic rings. The highest BCUT2D eigenvalue weighted by Gasteiger charge is 2.34. The quantitative estimate of drug-likeness (QED) is 0.747. The zero-order chi connectivity index (χ0) is 16.0. The van der Waals surface area contributed by atoms with Crippen LogP contribution >= 0.6 is 23.2 Å². The molecule has 2 unspecified atom stereocenters. The van der Waals surface area contributed by atoms with Gasteiger partial charge >= 0.3 is 0 Å². The van der Waals surface area contributed by atoms with Gasteiger partial charge in [0, 0.05) is 21.6 Å². The van der Waals surface area contributed by atoms with Gasteiger partial charge in [-0.25, -0.2) is 0 Å². The first kappa shape index (κ1) is 18.8. The van der Waals surface area contributed by atoms with E-state index in [1.165, 1.54) is 0 Å². The van der Waals surface area contributed by atoms with Crippen LogP contribution in [0.5, 0.6) is 0 Å². The van der Waals surface area contributed by atoms with Crippen LogP contribution in [0.25, 0.3) is 0 Å². The zero-order valence-electron chi connectivity index (χ0n) is 13.8. The third-order valence-corrected chi connectivity index (χ3v) is 5.16. The van der Waals surface area contributed by atoms with Gasteiger partial charge in [0.2, 0.25) is 0 Å². The van der Waals surface area contributed by atoms with Gasteiger partial charge in [0.05, 0.1) is 0 Å². The van der Waals surface area contributed by atoms with Gasteiger partial charge in [0.25, 0.3) is 0 Å². The number of hydrogen-bond donors (Lipinski definition) is 1. The molecule has 0 bridgehead atoms. The number of rotatable bonds is 8. The summed E-state index contributed by atoms with van der Waals surface area (Å²) in [6.07, 6.45) is 3.06. The molecule has 2 atom stereocenters. The van der Waals surface area contributed by atoms with E-state index in [0.717, 1.165) is 41.4 Å². The Morgan fingerprint density at radius 1 is 1.24 bits per heavy atom. The molecular weight excluding hydrogens is 303 g/mol. The van der Waals surface area contributed by atoms with Crippen LogP contribution in [0.1, 0.15) is 39.2 Å². The molecule has 21 heavy (non-hydrogen) atoms. The molecule has 0 aliphatic carbocycles. The van der Waals surface area contributed by atoms with Crippen molar-refractivity contribution >= 4 is 23.2 Å². The number of benzene rings is 1. The Bertz CT molecular complexity index is 448. The molecule has 0 spiro atoms. The molecule has 0 aromatic heterocycles. The molecule has 0 saturated carbocycles. The van der Waals surface area contributed by atoms with Gasteiger partial charge in [-0.05, 0) is 70.6 Å². The lowest BCUT2D eigenvalue weighted by atomic mass is 9.84. The molecule has 0 aliphatic rings. The first-order valence-corrected chi connectivity index (χ1v) is 8.45. The van der Waals surface area contributed by atoms with Gasteiger partial charge in [-0.2, -0.15) is 0 Å². The summed E-state index contributed by atoms with van der Waals surface area (Å²) in [7, 11) is 4.29. The molecule has 120 valence electrons. The van der Waals surface area contributed by atoms with Gasteiger partial charge in [-0.1, -0.05) is 37.0 Å². The van der Waals surface area contributed by atoms with E-state index < -0.39 is 0 Å². The Kier molecular flexibility index (Phi) is 7.49. The molecule has 4 heteroatoms. The average molecular weight is 331 g/mol. The van der Waals surface area contributed by atoms with E-state index in [1.807, 2.05) is 18.2 Å². The fraction of sp³-hybridized carbons (Fsp3) is 0.647.